The molecule has 0 aromatic carbocycles. The van der Waals surface area contributed by atoms with Crippen molar-refractivity contribution < 1.29 is 19.1 Å². The van der Waals surface area contributed by atoms with E-state index in [1.807, 2.05) is 45.8 Å². The van der Waals surface area contributed by atoms with Gasteiger partial charge in [0.15, 0.2) is 0 Å². The van der Waals surface area contributed by atoms with Crippen molar-refractivity contribution in [3.63, 3.8) is 0 Å². The largest absolute Gasteiger partial charge is 0.377 e. The molecule has 172 valence electrons. The SMILES string of the molecule is CN1C(=O)C2=C(C1=O)c1cn(c3ncccc13)CCOCCOCCn1cc2c2cccnc21. The molecular formula is C25H23N5O4. The molecule has 2 amide bonds. The van der Waals surface area contributed by atoms with Crippen molar-refractivity contribution in [1.29, 1.82) is 0 Å². The zero-order valence-corrected chi connectivity index (χ0v) is 18.7. The maximum absolute atomic E-state index is 13.4. The molecule has 0 saturated carbocycles. The number of carbonyl (C=O) groups is 2. The molecule has 4 aromatic rings. The molecule has 9 nitrogen and oxygen atoms in total. The number of amides is 2. The quantitative estimate of drug-likeness (QED) is 0.377. The molecule has 2 aliphatic heterocycles. The number of carbonyl (C=O) groups excluding carboxylic acids is 2. The minimum absolute atomic E-state index is 0.326. The van der Waals surface area contributed by atoms with Gasteiger partial charge in [0.2, 0.25) is 0 Å². The summed E-state index contributed by atoms with van der Waals surface area (Å²) in [6.07, 6.45) is 7.26. The number of imide groups is 1. The number of nitrogens with zero attached hydrogens (tertiary/aromatic N) is 5. The summed E-state index contributed by atoms with van der Waals surface area (Å²) in [5.41, 5.74) is 3.65. The first-order valence-corrected chi connectivity index (χ1v) is 11.3. The van der Waals surface area contributed by atoms with Crippen LogP contribution in [0.4, 0.5) is 0 Å². The van der Waals surface area contributed by atoms with Gasteiger partial charge in [-0.25, -0.2) is 9.97 Å². The summed E-state index contributed by atoms with van der Waals surface area (Å²) in [5, 5.41) is 1.64. The molecule has 9 heteroatoms. The van der Waals surface area contributed by atoms with Crippen LogP contribution in [0.1, 0.15) is 11.1 Å². The first-order chi connectivity index (χ1) is 16.6. The lowest BCUT2D eigenvalue weighted by Gasteiger charge is -2.08. The molecule has 2 aliphatic rings. The smallest absolute Gasteiger partial charge is 0.261 e. The molecule has 0 unspecified atom stereocenters. The van der Waals surface area contributed by atoms with Crippen LogP contribution < -0.4 is 0 Å². The normalized spacial score (nSPS) is 17.7. The Labute approximate surface area is 195 Å². The molecule has 6 heterocycles. The third-order valence-corrected chi connectivity index (χ3v) is 6.42. The average molecular weight is 457 g/mol. The second kappa shape index (κ2) is 8.19. The first-order valence-electron chi connectivity index (χ1n) is 11.3. The molecule has 0 N–H and O–H groups in total. The minimum Gasteiger partial charge on any atom is -0.377 e. The predicted octanol–water partition coefficient (Wildman–Crippen LogP) is 2.34. The van der Waals surface area contributed by atoms with Crippen molar-refractivity contribution in [2.45, 2.75) is 13.1 Å². The molecule has 4 bridgehead atoms. The molecule has 0 radical (unpaired) electrons. The summed E-state index contributed by atoms with van der Waals surface area (Å²) in [6.45, 7) is 3.07. The number of ether oxygens (including phenoxy) is 2. The summed E-state index contributed by atoms with van der Waals surface area (Å²) < 4.78 is 15.5. The lowest BCUT2D eigenvalue weighted by Crippen LogP contribution is -2.26. The summed E-state index contributed by atoms with van der Waals surface area (Å²) in [7, 11) is 1.52. The third kappa shape index (κ3) is 3.16. The Balaban J connectivity index is 1.66. The fourth-order valence-corrected chi connectivity index (χ4v) is 4.77. The van der Waals surface area contributed by atoms with Crippen LogP contribution in [0, 0.1) is 0 Å². The van der Waals surface area contributed by atoms with Crippen LogP contribution >= 0.6 is 0 Å². The second-order valence-electron chi connectivity index (χ2n) is 8.37. The van der Waals surface area contributed by atoms with E-state index in [-0.39, 0.29) is 11.8 Å². The molecule has 0 aliphatic carbocycles. The number of fused-ring (bicyclic) bond motifs is 12. The molecule has 0 fully saturated rings. The minimum atomic E-state index is -0.326. The fourth-order valence-electron chi connectivity index (χ4n) is 4.77. The van der Waals surface area contributed by atoms with Crippen LogP contribution in [0.5, 0.6) is 0 Å². The number of likely N-dealkylation sites (N-methyl/N-ethyl adjacent to an activating group) is 1. The van der Waals surface area contributed by atoms with Gasteiger partial charge in [-0.15, -0.1) is 0 Å². The van der Waals surface area contributed by atoms with Gasteiger partial charge in [-0.05, 0) is 24.3 Å². The van der Waals surface area contributed by atoms with Crippen molar-refractivity contribution in [3.05, 3.63) is 60.2 Å². The van der Waals surface area contributed by atoms with Crippen molar-refractivity contribution in [2.75, 3.05) is 33.5 Å². The van der Waals surface area contributed by atoms with Crippen LogP contribution in [-0.4, -0.2) is 69.3 Å². The Bertz CT molecular complexity index is 1370. The van der Waals surface area contributed by atoms with Crippen molar-refractivity contribution in [1.82, 2.24) is 24.0 Å². The Hall–Kier alpha value is -3.82. The Morgan fingerprint density at radius 3 is 1.68 bits per heavy atom. The number of hydrogen-bond acceptors (Lipinski definition) is 6. The second-order valence-corrected chi connectivity index (χ2v) is 8.37. The van der Waals surface area contributed by atoms with E-state index in [2.05, 4.69) is 9.97 Å². The number of rotatable bonds is 0. The Kier molecular flexibility index (Phi) is 5.00. The van der Waals surface area contributed by atoms with Gasteiger partial charge in [0.25, 0.3) is 11.8 Å². The van der Waals surface area contributed by atoms with Gasteiger partial charge in [-0.1, -0.05) is 0 Å². The molecule has 0 atom stereocenters. The summed E-state index contributed by atoms with van der Waals surface area (Å²) in [4.78, 5) is 37.2. The summed E-state index contributed by atoms with van der Waals surface area (Å²) in [6, 6.07) is 7.55. The van der Waals surface area contributed by atoms with E-state index < -0.39 is 0 Å². The maximum Gasteiger partial charge on any atom is 0.261 e. The van der Waals surface area contributed by atoms with E-state index >= 15 is 0 Å². The van der Waals surface area contributed by atoms with Gasteiger partial charge in [-0.3, -0.25) is 14.5 Å². The van der Waals surface area contributed by atoms with Gasteiger partial charge in [0.1, 0.15) is 11.3 Å². The van der Waals surface area contributed by atoms with Gasteiger partial charge in [0.05, 0.1) is 37.6 Å². The maximum atomic E-state index is 13.4. The van der Waals surface area contributed by atoms with E-state index in [0.717, 1.165) is 22.1 Å². The van der Waals surface area contributed by atoms with Crippen molar-refractivity contribution >= 4 is 45.0 Å². The van der Waals surface area contributed by atoms with Crippen LogP contribution in [0.2, 0.25) is 0 Å². The topological polar surface area (TPSA) is 91.5 Å². The lowest BCUT2D eigenvalue weighted by atomic mass is 9.96. The standard InChI is InChI=1S/C25H23N5O4/c1-28-24(31)20-18-14-29(22-16(18)4-2-6-26-22)8-10-33-12-13-34-11-9-30-15-19(21(20)25(28)32)17-5-3-7-27-23(17)30/h2-7,14-15H,8-13H2,1H3. The number of hydrogen-bond donors (Lipinski definition) is 0. The molecule has 6 rings (SSSR count). The van der Waals surface area contributed by atoms with E-state index in [1.165, 1.54) is 11.9 Å². The highest BCUT2D eigenvalue weighted by molar-refractivity contribution is 6.50. The third-order valence-electron chi connectivity index (χ3n) is 6.42. The van der Waals surface area contributed by atoms with E-state index in [1.54, 1.807) is 12.4 Å². The van der Waals surface area contributed by atoms with Crippen molar-refractivity contribution in [2.24, 2.45) is 0 Å². The first kappa shape index (κ1) is 20.8. The Morgan fingerprint density at radius 1 is 0.735 bits per heavy atom. The van der Waals surface area contributed by atoms with E-state index in [0.29, 0.717) is 61.8 Å². The van der Waals surface area contributed by atoms with Crippen LogP contribution in [-0.2, 0) is 32.2 Å². The number of aromatic nitrogens is 4. The highest BCUT2D eigenvalue weighted by Crippen LogP contribution is 2.40. The monoisotopic (exact) mass is 457 g/mol. The number of pyridine rings is 2. The summed E-state index contributed by atoms with van der Waals surface area (Å²) in [5.74, 6) is -0.651. The van der Waals surface area contributed by atoms with E-state index in [4.69, 9.17) is 9.47 Å². The lowest BCUT2D eigenvalue weighted by molar-refractivity contribution is -0.134. The highest BCUT2D eigenvalue weighted by Gasteiger charge is 2.39. The van der Waals surface area contributed by atoms with Gasteiger partial charge >= 0.3 is 0 Å². The fraction of sp³-hybridized carbons (Fsp3) is 0.280. The predicted molar refractivity (Wildman–Crippen MR) is 126 cm³/mol. The molecule has 34 heavy (non-hydrogen) atoms. The average Bonchev–Trinajstić information content (AvgIpc) is 3.47. The molecule has 0 spiro atoms. The van der Waals surface area contributed by atoms with E-state index in [9.17, 15) is 9.59 Å². The summed E-state index contributed by atoms with van der Waals surface area (Å²) >= 11 is 0. The van der Waals surface area contributed by atoms with Crippen LogP contribution in [0.3, 0.4) is 0 Å². The zero-order valence-electron chi connectivity index (χ0n) is 18.7. The molecule has 4 aromatic heterocycles. The van der Waals surface area contributed by atoms with Crippen molar-refractivity contribution in [3.8, 4) is 0 Å². The van der Waals surface area contributed by atoms with Crippen LogP contribution in [0.25, 0.3) is 33.2 Å². The van der Waals surface area contributed by atoms with Crippen LogP contribution in [0.15, 0.2) is 49.1 Å². The molecule has 0 saturated heterocycles. The van der Waals surface area contributed by atoms with Gasteiger partial charge in [-0.2, -0.15) is 0 Å². The highest BCUT2D eigenvalue weighted by atomic mass is 16.5. The Morgan fingerprint density at radius 2 is 1.21 bits per heavy atom. The van der Waals surface area contributed by atoms with Gasteiger partial charge in [0, 0.05) is 66.8 Å². The van der Waals surface area contributed by atoms with Gasteiger partial charge < -0.3 is 18.6 Å². The zero-order chi connectivity index (χ0) is 23.2. The molecular weight excluding hydrogens is 434 g/mol.